The Morgan fingerprint density at radius 2 is 1.95 bits per heavy atom. The van der Waals surface area contributed by atoms with E-state index in [0.717, 1.165) is 11.3 Å². The van der Waals surface area contributed by atoms with Crippen LogP contribution in [-0.2, 0) is 6.54 Å². The van der Waals surface area contributed by atoms with Crippen LogP contribution in [0.15, 0.2) is 55.1 Å². The van der Waals surface area contributed by atoms with Crippen molar-refractivity contribution < 1.29 is 4.39 Å². The van der Waals surface area contributed by atoms with Crippen LogP contribution in [0.4, 0.5) is 10.2 Å². The number of nitrogens with two attached hydrogens (primary N) is 1. The Kier molecular flexibility index (Phi) is 3.16. The number of nitrogen functional groups attached to an aromatic ring is 1. The Balaban J connectivity index is 1.95. The van der Waals surface area contributed by atoms with Crippen LogP contribution in [0, 0.1) is 5.82 Å². The fourth-order valence-corrected chi connectivity index (χ4v) is 2.05. The molecule has 0 bridgehead atoms. The molecule has 0 spiro atoms. The first kappa shape index (κ1) is 12.3. The highest BCUT2D eigenvalue weighted by Crippen LogP contribution is 2.20. The second kappa shape index (κ2) is 5.13. The zero-order valence-electron chi connectivity index (χ0n) is 10.7. The van der Waals surface area contributed by atoms with Gasteiger partial charge in [-0.2, -0.15) is 0 Å². The molecule has 4 nitrogen and oxygen atoms in total. The number of hydrogen-bond acceptors (Lipinski definition) is 3. The Morgan fingerprint density at radius 3 is 2.70 bits per heavy atom. The van der Waals surface area contributed by atoms with Gasteiger partial charge >= 0.3 is 0 Å². The number of halogens is 1. The maximum absolute atomic E-state index is 13.7. The van der Waals surface area contributed by atoms with Crippen LogP contribution < -0.4 is 5.73 Å². The number of aromatic nitrogens is 3. The molecule has 0 aliphatic carbocycles. The molecular formula is C15H13FN4. The molecule has 0 amide bonds. The van der Waals surface area contributed by atoms with Crippen molar-refractivity contribution in [3.63, 3.8) is 0 Å². The molecule has 1 aromatic carbocycles. The molecule has 0 atom stereocenters. The third-order valence-electron chi connectivity index (χ3n) is 3.09. The van der Waals surface area contributed by atoms with Gasteiger partial charge in [0, 0.05) is 17.3 Å². The van der Waals surface area contributed by atoms with Crippen molar-refractivity contribution in [3.05, 3.63) is 66.5 Å². The summed E-state index contributed by atoms with van der Waals surface area (Å²) >= 11 is 0. The van der Waals surface area contributed by atoms with E-state index in [9.17, 15) is 4.39 Å². The van der Waals surface area contributed by atoms with Crippen LogP contribution in [0.1, 0.15) is 5.56 Å². The van der Waals surface area contributed by atoms with Gasteiger partial charge in [0.2, 0.25) is 0 Å². The fourth-order valence-electron chi connectivity index (χ4n) is 2.05. The Bertz CT molecular complexity index is 719. The summed E-state index contributed by atoms with van der Waals surface area (Å²) in [5, 5.41) is 0. The zero-order chi connectivity index (χ0) is 13.9. The van der Waals surface area contributed by atoms with E-state index in [1.54, 1.807) is 36.9 Å². The van der Waals surface area contributed by atoms with Crippen molar-refractivity contribution in [3.8, 4) is 11.3 Å². The van der Waals surface area contributed by atoms with Crippen molar-refractivity contribution >= 4 is 5.82 Å². The van der Waals surface area contributed by atoms with Crippen LogP contribution >= 0.6 is 0 Å². The molecule has 0 fully saturated rings. The molecule has 2 aromatic heterocycles. The monoisotopic (exact) mass is 268 g/mol. The molecule has 5 heteroatoms. The van der Waals surface area contributed by atoms with Gasteiger partial charge in [0.05, 0.1) is 24.8 Å². The van der Waals surface area contributed by atoms with Gasteiger partial charge in [-0.25, -0.2) is 14.4 Å². The van der Waals surface area contributed by atoms with Crippen molar-refractivity contribution in [1.29, 1.82) is 0 Å². The lowest BCUT2D eigenvalue weighted by Gasteiger charge is -2.09. The molecule has 0 aliphatic heterocycles. The highest BCUT2D eigenvalue weighted by molar-refractivity contribution is 5.59. The molecule has 0 unspecified atom stereocenters. The summed E-state index contributed by atoms with van der Waals surface area (Å²) in [5.74, 6) is 0.247. The smallest absolute Gasteiger partial charge is 0.128 e. The number of benzene rings is 1. The van der Waals surface area contributed by atoms with Gasteiger partial charge in [-0.05, 0) is 18.2 Å². The van der Waals surface area contributed by atoms with E-state index in [1.807, 2.05) is 16.7 Å². The van der Waals surface area contributed by atoms with Crippen LogP contribution in [0.3, 0.4) is 0 Å². The molecule has 0 saturated carbocycles. The molecule has 0 aliphatic rings. The minimum absolute atomic E-state index is 0.220. The third-order valence-corrected chi connectivity index (χ3v) is 3.09. The molecule has 0 radical (unpaired) electrons. The molecule has 20 heavy (non-hydrogen) atoms. The molecule has 0 saturated heterocycles. The number of imidazole rings is 1. The third kappa shape index (κ3) is 2.38. The molecule has 3 aromatic rings. The van der Waals surface area contributed by atoms with Gasteiger partial charge in [-0.3, -0.25) is 0 Å². The summed E-state index contributed by atoms with van der Waals surface area (Å²) in [6.45, 7) is 0.423. The number of rotatable bonds is 3. The van der Waals surface area contributed by atoms with Crippen LogP contribution in [0.25, 0.3) is 11.3 Å². The van der Waals surface area contributed by atoms with Crippen molar-refractivity contribution in [2.45, 2.75) is 6.54 Å². The first-order valence-corrected chi connectivity index (χ1v) is 6.19. The van der Waals surface area contributed by atoms with E-state index in [4.69, 9.17) is 5.73 Å². The second-order valence-corrected chi connectivity index (χ2v) is 4.47. The second-order valence-electron chi connectivity index (χ2n) is 4.47. The van der Waals surface area contributed by atoms with Crippen LogP contribution in [0.2, 0.25) is 0 Å². The number of anilines is 1. The topological polar surface area (TPSA) is 56.7 Å². The van der Waals surface area contributed by atoms with Gasteiger partial charge in [-0.1, -0.05) is 18.2 Å². The Hall–Kier alpha value is -2.69. The lowest BCUT2D eigenvalue weighted by atomic mass is 10.2. The number of nitrogens with zero attached hydrogens (tertiary/aromatic N) is 3. The van der Waals surface area contributed by atoms with Gasteiger partial charge in [0.1, 0.15) is 11.6 Å². The highest BCUT2D eigenvalue weighted by Gasteiger charge is 2.08. The van der Waals surface area contributed by atoms with E-state index in [-0.39, 0.29) is 5.82 Å². The summed E-state index contributed by atoms with van der Waals surface area (Å²) < 4.78 is 15.6. The highest BCUT2D eigenvalue weighted by atomic mass is 19.1. The SMILES string of the molecule is Nc1ccc(-c2cncn2Cc2ccccc2F)cn1. The lowest BCUT2D eigenvalue weighted by Crippen LogP contribution is -2.02. The quantitative estimate of drug-likeness (QED) is 0.794. The molecule has 3 rings (SSSR count). The minimum Gasteiger partial charge on any atom is -0.384 e. The van der Waals surface area contributed by atoms with E-state index in [2.05, 4.69) is 9.97 Å². The minimum atomic E-state index is -0.220. The fraction of sp³-hybridized carbons (Fsp3) is 0.0667. The summed E-state index contributed by atoms with van der Waals surface area (Å²) in [5.41, 5.74) is 7.97. The summed E-state index contributed by atoms with van der Waals surface area (Å²) in [4.78, 5) is 8.19. The lowest BCUT2D eigenvalue weighted by molar-refractivity contribution is 0.600. The van der Waals surface area contributed by atoms with E-state index >= 15 is 0 Å². The van der Waals surface area contributed by atoms with E-state index in [0.29, 0.717) is 17.9 Å². The molecule has 100 valence electrons. The predicted molar refractivity (Wildman–Crippen MR) is 75.4 cm³/mol. The van der Waals surface area contributed by atoms with Crippen LogP contribution in [0.5, 0.6) is 0 Å². The van der Waals surface area contributed by atoms with Gasteiger partial charge in [0.15, 0.2) is 0 Å². The standard InChI is InChI=1S/C15H13FN4/c16-13-4-2-1-3-12(13)9-20-10-18-8-14(20)11-5-6-15(17)19-7-11/h1-8,10H,9H2,(H2,17,19). The maximum Gasteiger partial charge on any atom is 0.128 e. The summed E-state index contributed by atoms with van der Waals surface area (Å²) in [6, 6.07) is 10.3. The number of pyridine rings is 1. The zero-order valence-corrected chi connectivity index (χ0v) is 10.7. The van der Waals surface area contributed by atoms with Crippen molar-refractivity contribution in [2.75, 3.05) is 5.73 Å². The molecule has 2 heterocycles. The van der Waals surface area contributed by atoms with Crippen molar-refractivity contribution in [2.24, 2.45) is 0 Å². The van der Waals surface area contributed by atoms with Crippen LogP contribution in [-0.4, -0.2) is 14.5 Å². The Morgan fingerprint density at radius 1 is 1.10 bits per heavy atom. The normalized spacial score (nSPS) is 10.7. The summed E-state index contributed by atoms with van der Waals surface area (Å²) in [6.07, 6.45) is 5.09. The first-order chi connectivity index (χ1) is 9.74. The van der Waals surface area contributed by atoms with E-state index < -0.39 is 0 Å². The van der Waals surface area contributed by atoms with Gasteiger partial charge in [-0.15, -0.1) is 0 Å². The maximum atomic E-state index is 13.7. The van der Waals surface area contributed by atoms with Crippen molar-refractivity contribution in [1.82, 2.24) is 14.5 Å². The van der Waals surface area contributed by atoms with E-state index in [1.165, 1.54) is 6.07 Å². The van der Waals surface area contributed by atoms with Gasteiger partial charge in [0.25, 0.3) is 0 Å². The molecular weight excluding hydrogens is 255 g/mol. The summed E-state index contributed by atoms with van der Waals surface area (Å²) in [7, 11) is 0. The number of hydrogen-bond donors (Lipinski definition) is 1. The predicted octanol–water partition coefficient (Wildman–Crippen LogP) is 2.71. The molecule has 2 N–H and O–H groups in total. The average molecular weight is 268 g/mol. The largest absolute Gasteiger partial charge is 0.384 e. The Labute approximate surface area is 115 Å². The first-order valence-electron chi connectivity index (χ1n) is 6.19. The average Bonchev–Trinajstić information content (AvgIpc) is 2.90. The van der Waals surface area contributed by atoms with Gasteiger partial charge < -0.3 is 10.3 Å².